The quantitative estimate of drug-likeness (QED) is 0.642. The fourth-order valence-electron chi connectivity index (χ4n) is 3.92. The van der Waals surface area contributed by atoms with Gasteiger partial charge in [-0.15, -0.1) is 11.8 Å². The highest BCUT2D eigenvalue weighted by atomic mass is 32.2. The van der Waals surface area contributed by atoms with Gasteiger partial charge in [0.15, 0.2) is 11.5 Å². The Hall–Kier alpha value is -2.23. The lowest BCUT2D eigenvalue weighted by atomic mass is 10.2. The van der Waals surface area contributed by atoms with Gasteiger partial charge in [-0.1, -0.05) is 25.0 Å². The molecule has 1 unspecified atom stereocenters. The Morgan fingerprint density at radius 2 is 1.81 bits per heavy atom. The number of ether oxygens (including phenoxy) is 2. The minimum atomic E-state index is -3.82. The smallest absolute Gasteiger partial charge is 0.255 e. The summed E-state index contributed by atoms with van der Waals surface area (Å²) in [5.41, 5.74) is 0.438. The number of carbonyl (C=O) groups excluding carboxylic acids is 1. The van der Waals surface area contributed by atoms with Gasteiger partial charge in [0.2, 0.25) is 10.0 Å². The molecule has 0 aromatic heterocycles. The monoisotopic (exact) mass is 476 g/mol. The van der Waals surface area contributed by atoms with Crippen molar-refractivity contribution < 1.29 is 22.7 Å². The van der Waals surface area contributed by atoms with Gasteiger partial charge in [0.05, 0.1) is 17.0 Å². The number of fused-ring (bicyclic) bond motifs is 1. The van der Waals surface area contributed by atoms with Gasteiger partial charge in [0.25, 0.3) is 5.91 Å². The maximum Gasteiger partial charge on any atom is 0.255 e. The number of para-hydroxylation sites is 2. The third-order valence-electron chi connectivity index (χ3n) is 5.67. The second kappa shape index (κ2) is 10.1. The van der Waals surface area contributed by atoms with Crippen LogP contribution in [0.25, 0.3) is 0 Å². The summed E-state index contributed by atoms with van der Waals surface area (Å²) in [4.78, 5) is 15.9. The number of benzene rings is 2. The van der Waals surface area contributed by atoms with Crippen LogP contribution < -0.4 is 14.2 Å². The molecule has 1 atom stereocenters. The topological polar surface area (TPSA) is 84.9 Å². The third kappa shape index (κ3) is 5.22. The average molecular weight is 477 g/mol. The van der Waals surface area contributed by atoms with Crippen LogP contribution in [-0.2, 0) is 10.0 Å². The molecule has 2 aliphatic rings. The second-order valence-electron chi connectivity index (χ2n) is 7.92. The molecule has 9 heteroatoms. The van der Waals surface area contributed by atoms with E-state index in [1.807, 2.05) is 29.4 Å². The first-order valence-electron chi connectivity index (χ1n) is 10.8. The summed E-state index contributed by atoms with van der Waals surface area (Å²) in [5, 5.41) is 0. The zero-order valence-electron chi connectivity index (χ0n) is 18.1. The Bertz CT molecular complexity index is 1070. The molecule has 0 bridgehead atoms. The van der Waals surface area contributed by atoms with E-state index in [4.69, 9.17) is 9.47 Å². The molecule has 2 aromatic rings. The van der Waals surface area contributed by atoms with Gasteiger partial charge in [0, 0.05) is 18.0 Å². The van der Waals surface area contributed by atoms with Gasteiger partial charge in [-0.05, 0) is 49.4 Å². The number of rotatable bonds is 6. The van der Waals surface area contributed by atoms with E-state index < -0.39 is 16.1 Å². The fourth-order valence-corrected chi connectivity index (χ4v) is 5.58. The molecule has 32 heavy (non-hydrogen) atoms. The van der Waals surface area contributed by atoms with Crippen molar-refractivity contribution in [1.29, 1.82) is 0 Å². The maximum absolute atomic E-state index is 13.2. The van der Waals surface area contributed by atoms with Crippen LogP contribution in [0.3, 0.4) is 0 Å². The molecule has 1 fully saturated rings. The lowest BCUT2D eigenvalue weighted by molar-refractivity contribution is 0.0758. The minimum Gasteiger partial charge on any atom is -0.486 e. The summed E-state index contributed by atoms with van der Waals surface area (Å²) in [6.45, 7) is 1.74. The van der Waals surface area contributed by atoms with E-state index in [0.29, 0.717) is 30.2 Å². The highest BCUT2D eigenvalue weighted by molar-refractivity contribution is 7.98. The van der Waals surface area contributed by atoms with Crippen molar-refractivity contribution in [3.05, 3.63) is 48.0 Å². The lowest BCUT2D eigenvalue weighted by Gasteiger charge is -2.26. The van der Waals surface area contributed by atoms with Crippen molar-refractivity contribution >= 4 is 27.7 Å². The molecule has 172 valence electrons. The number of sulfonamides is 1. The van der Waals surface area contributed by atoms with Crippen LogP contribution in [-0.4, -0.2) is 57.8 Å². The first-order chi connectivity index (χ1) is 15.5. The van der Waals surface area contributed by atoms with E-state index in [-0.39, 0.29) is 24.0 Å². The van der Waals surface area contributed by atoms with Crippen molar-refractivity contribution in [1.82, 2.24) is 9.62 Å². The Morgan fingerprint density at radius 1 is 1.09 bits per heavy atom. The number of nitrogens with one attached hydrogen (secondary N) is 1. The summed E-state index contributed by atoms with van der Waals surface area (Å²) in [6.07, 6.45) is 5.64. The van der Waals surface area contributed by atoms with Gasteiger partial charge in [-0.2, -0.15) is 0 Å². The van der Waals surface area contributed by atoms with E-state index in [0.717, 1.165) is 30.6 Å². The van der Waals surface area contributed by atoms with E-state index in [9.17, 15) is 13.2 Å². The predicted molar refractivity (Wildman–Crippen MR) is 124 cm³/mol. The molecule has 2 aliphatic heterocycles. The highest BCUT2D eigenvalue weighted by Gasteiger charge is 2.26. The Kier molecular flexibility index (Phi) is 7.27. The molecular formula is C23H28N2O5S2. The number of likely N-dealkylation sites (tertiary alicyclic amines) is 1. The van der Waals surface area contributed by atoms with Crippen molar-refractivity contribution in [2.24, 2.45) is 0 Å². The zero-order valence-corrected chi connectivity index (χ0v) is 19.7. The van der Waals surface area contributed by atoms with Gasteiger partial charge < -0.3 is 14.4 Å². The molecule has 0 saturated carbocycles. The standard InChI is InChI=1S/C23H28N2O5S2/c1-31-22-11-10-18(14-19(22)23(26)25-12-6-2-3-7-13-25)32(27,28)24-15-17-16-29-20-8-4-5-9-21(20)30-17/h4-5,8-11,14,17,24H,2-3,6-7,12-13,15-16H2,1H3. The zero-order chi connectivity index (χ0) is 22.6. The van der Waals surface area contributed by atoms with Crippen LogP contribution in [0.1, 0.15) is 36.0 Å². The van der Waals surface area contributed by atoms with Crippen LogP contribution in [0.2, 0.25) is 0 Å². The first kappa shape index (κ1) is 22.9. The normalized spacial score (nSPS) is 18.8. The third-order valence-corrected chi connectivity index (χ3v) is 7.89. The molecule has 1 amide bonds. The van der Waals surface area contributed by atoms with Crippen LogP contribution in [0.4, 0.5) is 0 Å². The molecule has 2 heterocycles. The average Bonchev–Trinajstić information content (AvgIpc) is 3.11. The van der Waals surface area contributed by atoms with Crippen molar-refractivity contribution in [3.63, 3.8) is 0 Å². The maximum atomic E-state index is 13.2. The van der Waals surface area contributed by atoms with Crippen molar-refractivity contribution in [2.45, 2.75) is 41.6 Å². The van der Waals surface area contributed by atoms with Gasteiger partial charge in [-0.3, -0.25) is 4.79 Å². The summed E-state index contributed by atoms with van der Waals surface area (Å²) < 4.78 is 40.1. The second-order valence-corrected chi connectivity index (χ2v) is 10.5. The number of thioether (sulfide) groups is 1. The SMILES string of the molecule is CSc1ccc(S(=O)(=O)NCC2COc3ccccc3O2)cc1C(=O)N1CCCCCC1. The van der Waals surface area contributed by atoms with E-state index in [1.165, 1.54) is 17.8 Å². The summed E-state index contributed by atoms with van der Waals surface area (Å²) in [6, 6.07) is 12.0. The summed E-state index contributed by atoms with van der Waals surface area (Å²) >= 11 is 1.44. The molecule has 1 saturated heterocycles. The molecule has 2 aromatic carbocycles. The van der Waals surface area contributed by atoms with Gasteiger partial charge in [0.1, 0.15) is 12.7 Å². The Morgan fingerprint density at radius 3 is 2.53 bits per heavy atom. The number of carbonyl (C=O) groups is 1. The highest BCUT2D eigenvalue weighted by Crippen LogP contribution is 2.31. The molecule has 7 nitrogen and oxygen atoms in total. The van der Waals surface area contributed by atoms with Crippen LogP contribution >= 0.6 is 11.8 Å². The summed E-state index contributed by atoms with van der Waals surface area (Å²) in [5.74, 6) is 1.14. The van der Waals surface area contributed by atoms with Crippen molar-refractivity contribution in [3.8, 4) is 11.5 Å². The van der Waals surface area contributed by atoms with Crippen LogP contribution in [0.5, 0.6) is 11.5 Å². The largest absolute Gasteiger partial charge is 0.486 e. The van der Waals surface area contributed by atoms with E-state index in [2.05, 4.69) is 4.72 Å². The number of hydrogen-bond acceptors (Lipinski definition) is 6. The van der Waals surface area contributed by atoms with Crippen LogP contribution in [0.15, 0.2) is 52.3 Å². The number of hydrogen-bond donors (Lipinski definition) is 1. The van der Waals surface area contributed by atoms with Crippen molar-refractivity contribution in [2.75, 3.05) is 32.5 Å². The molecule has 0 aliphatic carbocycles. The summed E-state index contributed by atoms with van der Waals surface area (Å²) in [7, 11) is -3.82. The molecule has 4 rings (SSSR count). The predicted octanol–water partition coefficient (Wildman–Crippen LogP) is 3.54. The minimum absolute atomic E-state index is 0.0658. The first-order valence-corrected chi connectivity index (χ1v) is 13.5. The van der Waals surface area contributed by atoms with Gasteiger partial charge >= 0.3 is 0 Å². The lowest BCUT2D eigenvalue weighted by Crippen LogP contribution is -2.40. The fraction of sp³-hybridized carbons (Fsp3) is 0.435. The number of amides is 1. The van der Waals surface area contributed by atoms with E-state index in [1.54, 1.807) is 18.2 Å². The number of nitrogens with zero attached hydrogens (tertiary/aromatic N) is 1. The molecule has 1 N–H and O–H groups in total. The molecule has 0 radical (unpaired) electrons. The van der Waals surface area contributed by atoms with E-state index >= 15 is 0 Å². The Balaban J connectivity index is 1.48. The van der Waals surface area contributed by atoms with Crippen LogP contribution in [0, 0.1) is 0 Å². The molecule has 0 spiro atoms. The van der Waals surface area contributed by atoms with Gasteiger partial charge in [-0.25, -0.2) is 13.1 Å². The Labute approximate surface area is 193 Å². The molecular weight excluding hydrogens is 448 g/mol.